The second-order valence-electron chi connectivity index (χ2n) is 5.80. The van der Waals surface area contributed by atoms with Gasteiger partial charge in [0.1, 0.15) is 11.9 Å². The van der Waals surface area contributed by atoms with Gasteiger partial charge >= 0.3 is 0 Å². The van der Waals surface area contributed by atoms with Gasteiger partial charge in [-0.1, -0.05) is 35.3 Å². The van der Waals surface area contributed by atoms with Crippen molar-refractivity contribution in [2.45, 2.75) is 58.1 Å². The summed E-state index contributed by atoms with van der Waals surface area (Å²) in [6, 6.07) is 6.72. The number of hydrogen-bond acceptors (Lipinski definition) is 2. The fourth-order valence-corrected chi connectivity index (χ4v) is 3.76. The maximum atomic E-state index is 6.26. The molecule has 0 saturated heterocycles. The molecule has 0 spiro atoms. The van der Waals surface area contributed by atoms with E-state index < -0.39 is 0 Å². The Balaban J connectivity index is 2.07. The molecule has 3 heteroatoms. The molecule has 112 valence electrons. The highest BCUT2D eigenvalue weighted by Gasteiger charge is 2.25. The van der Waals surface area contributed by atoms with Gasteiger partial charge in [-0.3, -0.25) is 0 Å². The molecule has 0 amide bonds. The highest BCUT2D eigenvalue weighted by Crippen LogP contribution is 2.33. The Morgan fingerprint density at radius 1 is 1.35 bits per heavy atom. The molecule has 0 radical (unpaired) electrons. The molecular weight excluding hydrogens is 314 g/mol. The Kier molecular flexibility index (Phi) is 5.91. The zero-order chi connectivity index (χ0) is 14.5. The van der Waals surface area contributed by atoms with Gasteiger partial charge in [0.2, 0.25) is 0 Å². The monoisotopic (exact) mass is 339 g/mol. The number of ether oxygens (including phenoxy) is 1. The van der Waals surface area contributed by atoms with Crippen molar-refractivity contribution in [2.24, 2.45) is 5.92 Å². The third kappa shape index (κ3) is 3.76. The largest absolute Gasteiger partial charge is 0.490 e. The molecule has 20 heavy (non-hydrogen) atoms. The topological polar surface area (TPSA) is 21.3 Å². The van der Waals surface area contributed by atoms with Crippen molar-refractivity contribution < 1.29 is 4.74 Å². The first-order chi connectivity index (χ1) is 9.65. The van der Waals surface area contributed by atoms with Crippen LogP contribution in [-0.2, 0) is 0 Å². The summed E-state index contributed by atoms with van der Waals surface area (Å²) in [4.78, 5) is 0. The lowest BCUT2D eigenvalue weighted by molar-refractivity contribution is 0.0903. The molecule has 0 aliphatic heterocycles. The van der Waals surface area contributed by atoms with E-state index in [1.165, 1.54) is 37.7 Å². The number of benzene rings is 1. The molecule has 1 aliphatic rings. The van der Waals surface area contributed by atoms with E-state index in [1.807, 2.05) is 7.05 Å². The third-order valence-electron chi connectivity index (χ3n) is 4.52. The minimum absolute atomic E-state index is 0.344. The molecule has 0 aromatic heterocycles. The maximum Gasteiger partial charge on any atom is 0.120 e. The molecule has 3 atom stereocenters. The average molecular weight is 340 g/mol. The Morgan fingerprint density at radius 3 is 2.75 bits per heavy atom. The van der Waals surface area contributed by atoms with Gasteiger partial charge in [0.15, 0.2) is 0 Å². The summed E-state index contributed by atoms with van der Waals surface area (Å²) >= 11 is 3.67. The predicted molar refractivity (Wildman–Crippen MR) is 88.3 cm³/mol. The second-order valence-corrected chi connectivity index (χ2v) is 6.66. The van der Waals surface area contributed by atoms with Crippen LogP contribution in [0.1, 0.15) is 57.6 Å². The van der Waals surface area contributed by atoms with Crippen LogP contribution in [0.4, 0.5) is 0 Å². The molecule has 2 nitrogen and oxygen atoms in total. The first-order valence-electron chi connectivity index (χ1n) is 7.79. The third-order valence-corrected chi connectivity index (χ3v) is 5.21. The number of nitrogens with one attached hydrogen (secondary N) is 1. The lowest BCUT2D eigenvalue weighted by Gasteiger charge is -2.31. The molecule has 1 saturated carbocycles. The van der Waals surface area contributed by atoms with E-state index in [0.717, 1.165) is 16.1 Å². The maximum absolute atomic E-state index is 6.26. The quantitative estimate of drug-likeness (QED) is 0.807. The van der Waals surface area contributed by atoms with Gasteiger partial charge in [-0.25, -0.2) is 0 Å². The van der Waals surface area contributed by atoms with Crippen LogP contribution in [0.15, 0.2) is 22.7 Å². The highest BCUT2D eigenvalue weighted by atomic mass is 79.9. The predicted octanol–water partition coefficient (Wildman–Crippen LogP) is 5.08. The fourth-order valence-electron chi connectivity index (χ4n) is 3.06. The van der Waals surface area contributed by atoms with E-state index in [4.69, 9.17) is 4.74 Å². The number of halogens is 1. The highest BCUT2D eigenvalue weighted by molar-refractivity contribution is 9.10. The van der Waals surface area contributed by atoms with Gasteiger partial charge in [0.05, 0.1) is 0 Å². The Morgan fingerprint density at radius 2 is 2.10 bits per heavy atom. The smallest absolute Gasteiger partial charge is 0.120 e. The summed E-state index contributed by atoms with van der Waals surface area (Å²) in [7, 11) is 1.98. The van der Waals surface area contributed by atoms with Crippen molar-refractivity contribution in [2.75, 3.05) is 7.05 Å². The molecule has 2 rings (SSSR count). The van der Waals surface area contributed by atoms with Gasteiger partial charge in [0, 0.05) is 10.5 Å². The first kappa shape index (κ1) is 15.8. The van der Waals surface area contributed by atoms with Crippen LogP contribution in [0.2, 0.25) is 0 Å². The first-order valence-corrected chi connectivity index (χ1v) is 8.58. The van der Waals surface area contributed by atoms with Gasteiger partial charge in [-0.2, -0.15) is 0 Å². The molecular formula is C17H26BrNO. The van der Waals surface area contributed by atoms with Crippen LogP contribution in [0.5, 0.6) is 5.75 Å². The van der Waals surface area contributed by atoms with Gasteiger partial charge < -0.3 is 10.1 Å². The van der Waals surface area contributed by atoms with Crippen LogP contribution in [0.3, 0.4) is 0 Å². The average Bonchev–Trinajstić information content (AvgIpc) is 2.47. The van der Waals surface area contributed by atoms with Gasteiger partial charge in [0.25, 0.3) is 0 Å². The lowest BCUT2D eigenvalue weighted by atomic mass is 9.85. The molecule has 1 N–H and O–H groups in total. The van der Waals surface area contributed by atoms with Crippen LogP contribution in [-0.4, -0.2) is 13.2 Å². The second kappa shape index (κ2) is 7.46. The van der Waals surface area contributed by atoms with Crippen LogP contribution < -0.4 is 10.1 Å². The standard InChI is InChI=1S/C17H26BrNO/c1-4-13-7-5-6-8-17(13)20-14-9-10-15(12(2)19-3)16(18)11-14/h9-13,17,19H,4-8H2,1-3H3. The van der Waals surface area contributed by atoms with Crippen molar-refractivity contribution in [1.82, 2.24) is 5.32 Å². The SMILES string of the molecule is CCC1CCCCC1Oc1ccc(C(C)NC)c(Br)c1. The zero-order valence-electron chi connectivity index (χ0n) is 12.8. The van der Waals surface area contributed by atoms with E-state index in [-0.39, 0.29) is 0 Å². The molecule has 1 aromatic rings. The minimum atomic E-state index is 0.344. The van der Waals surface area contributed by atoms with E-state index in [2.05, 4.69) is 53.3 Å². The van der Waals surface area contributed by atoms with Crippen LogP contribution in [0.25, 0.3) is 0 Å². The summed E-state index contributed by atoms with van der Waals surface area (Å²) in [5, 5.41) is 3.27. The fraction of sp³-hybridized carbons (Fsp3) is 0.647. The summed E-state index contributed by atoms with van der Waals surface area (Å²) in [6.45, 7) is 4.44. The number of hydrogen-bond donors (Lipinski definition) is 1. The van der Waals surface area contributed by atoms with Crippen molar-refractivity contribution in [3.8, 4) is 5.75 Å². The molecule has 1 aliphatic carbocycles. The summed E-state index contributed by atoms with van der Waals surface area (Å²) in [5.74, 6) is 1.72. The van der Waals surface area contributed by atoms with Crippen LogP contribution >= 0.6 is 15.9 Å². The van der Waals surface area contributed by atoms with E-state index in [1.54, 1.807) is 0 Å². The number of rotatable bonds is 5. The van der Waals surface area contributed by atoms with Crippen molar-refractivity contribution in [1.29, 1.82) is 0 Å². The van der Waals surface area contributed by atoms with Gasteiger partial charge in [-0.05, 0) is 63.3 Å². The van der Waals surface area contributed by atoms with Crippen molar-refractivity contribution in [3.63, 3.8) is 0 Å². The summed E-state index contributed by atoms with van der Waals surface area (Å²) in [5.41, 5.74) is 1.27. The zero-order valence-corrected chi connectivity index (χ0v) is 14.4. The van der Waals surface area contributed by atoms with Crippen molar-refractivity contribution in [3.05, 3.63) is 28.2 Å². The van der Waals surface area contributed by atoms with E-state index in [0.29, 0.717) is 12.1 Å². The molecule has 0 bridgehead atoms. The van der Waals surface area contributed by atoms with Crippen molar-refractivity contribution >= 4 is 15.9 Å². The normalized spacial score (nSPS) is 24.4. The molecule has 1 aromatic carbocycles. The minimum Gasteiger partial charge on any atom is -0.490 e. The molecule has 0 heterocycles. The summed E-state index contributed by atoms with van der Waals surface area (Å²) in [6.07, 6.45) is 6.80. The van der Waals surface area contributed by atoms with E-state index in [9.17, 15) is 0 Å². The Labute approximate surface area is 131 Å². The van der Waals surface area contributed by atoms with E-state index >= 15 is 0 Å². The Hall–Kier alpha value is -0.540. The lowest BCUT2D eigenvalue weighted by Crippen LogP contribution is -2.29. The summed E-state index contributed by atoms with van der Waals surface area (Å²) < 4.78 is 7.38. The van der Waals surface area contributed by atoms with Crippen LogP contribution in [0, 0.1) is 5.92 Å². The molecule has 1 fully saturated rings. The van der Waals surface area contributed by atoms with Gasteiger partial charge in [-0.15, -0.1) is 0 Å². The Bertz CT molecular complexity index is 435. The molecule has 3 unspecified atom stereocenters.